The van der Waals surface area contributed by atoms with Crippen molar-refractivity contribution < 1.29 is 9.59 Å². The first-order valence-corrected chi connectivity index (χ1v) is 6.42. The zero-order chi connectivity index (χ0) is 14.2. The molecule has 19 heavy (non-hydrogen) atoms. The van der Waals surface area contributed by atoms with Crippen LogP contribution in [0.5, 0.6) is 0 Å². The van der Waals surface area contributed by atoms with E-state index in [1.54, 1.807) is 37.9 Å². The first kappa shape index (κ1) is 13.8. The van der Waals surface area contributed by atoms with Gasteiger partial charge in [0.25, 0.3) is 0 Å². The summed E-state index contributed by atoms with van der Waals surface area (Å²) >= 11 is 6.05. The Morgan fingerprint density at radius 1 is 1.47 bits per heavy atom. The Morgan fingerprint density at radius 3 is 2.79 bits per heavy atom. The maximum absolute atomic E-state index is 12.4. The number of amides is 2. The summed E-state index contributed by atoms with van der Waals surface area (Å²) in [7, 11) is 0. The molecule has 2 heterocycles. The average molecular weight is 282 g/mol. The van der Waals surface area contributed by atoms with Crippen LogP contribution in [0.15, 0.2) is 18.5 Å². The van der Waals surface area contributed by atoms with E-state index in [0.29, 0.717) is 11.6 Å². The number of carbonyl (C=O) groups excluding carboxylic acids is 2. The monoisotopic (exact) mass is 281 g/mol. The van der Waals surface area contributed by atoms with Crippen LogP contribution in [0.3, 0.4) is 0 Å². The summed E-state index contributed by atoms with van der Waals surface area (Å²) in [5.74, 6) is -0.276. The molecule has 1 aromatic rings. The summed E-state index contributed by atoms with van der Waals surface area (Å²) in [5.41, 5.74) is -0.106. The lowest BCUT2D eigenvalue weighted by Crippen LogP contribution is -2.66. The van der Waals surface area contributed by atoms with Crippen molar-refractivity contribution in [2.75, 3.05) is 0 Å². The minimum atomic E-state index is -0.886. The molecule has 102 valence electrons. The molecule has 1 N–H and O–H groups in total. The predicted molar refractivity (Wildman–Crippen MR) is 71.5 cm³/mol. The maximum atomic E-state index is 12.4. The lowest BCUT2D eigenvalue weighted by atomic mass is 9.97. The maximum Gasteiger partial charge on any atom is 0.248 e. The summed E-state index contributed by atoms with van der Waals surface area (Å²) in [6.07, 6.45) is 3.15. The molecule has 6 heteroatoms. The molecule has 2 rings (SSSR count). The van der Waals surface area contributed by atoms with E-state index < -0.39 is 11.6 Å². The molecule has 0 bridgehead atoms. The van der Waals surface area contributed by atoms with Crippen LogP contribution in [0.25, 0.3) is 0 Å². The van der Waals surface area contributed by atoms with E-state index >= 15 is 0 Å². The van der Waals surface area contributed by atoms with Crippen molar-refractivity contribution in [2.24, 2.45) is 0 Å². The van der Waals surface area contributed by atoms with Gasteiger partial charge in [-0.3, -0.25) is 14.6 Å². The highest BCUT2D eigenvalue weighted by molar-refractivity contribution is 6.31. The Morgan fingerprint density at radius 2 is 2.16 bits per heavy atom. The van der Waals surface area contributed by atoms with Crippen LogP contribution < -0.4 is 5.32 Å². The molecule has 5 nitrogen and oxygen atoms in total. The van der Waals surface area contributed by atoms with Gasteiger partial charge in [-0.2, -0.15) is 0 Å². The number of piperazine rings is 1. The van der Waals surface area contributed by atoms with Crippen LogP contribution in [0.1, 0.15) is 26.3 Å². The average Bonchev–Trinajstić information content (AvgIpc) is 2.34. The first-order valence-electron chi connectivity index (χ1n) is 6.04. The van der Waals surface area contributed by atoms with Crippen LogP contribution in [0.2, 0.25) is 5.02 Å². The molecule has 1 aliphatic heterocycles. The van der Waals surface area contributed by atoms with E-state index in [0.717, 1.165) is 5.56 Å². The summed E-state index contributed by atoms with van der Waals surface area (Å²) < 4.78 is 0. The fraction of sp³-hybridized carbons (Fsp3) is 0.462. The molecule has 1 fully saturated rings. The fourth-order valence-electron chi connectivity index (χ4n) is 2.07. The number of nitrogens with zero attached hydrogens (tertiary/aromatic N) is 2. The lowest BCUT2D eigenvalue weighted by molar-refractivity contribution is -0.153. The molecular formula is C13H16ClN3O2. The Hall–Kier alpha value is -1.62. The molecule has 0 aromatic carbocycles. The van der Waals surface area contributed by atoms with Crippen LogP contribution in [-0.4, -0.2) is 33.3 Å². The number of hydrogen-bond acceptors (Lipinski definition) is 3. The third kappa shape index (κ3) is 2.56. The Balaban J connectivity index is 2.29. The highest BCUT2D eigenvalue weighted by atomic mass is 35.5. The van der Waals surface area contributed by atoms with Crippen LogP contribution in [0.4, 0.5) is 0 Å². The van der Waals surface area contributed by atoms with Gasteiger partial charge in [-0.25, -0.2) is 0 Å². The van der Waals surface area contributed by atoms with Crippen molar-refractivity contribution in [1.29, 1.82) is 0 Å². The molecule has 1 aromatic heterocycles. The van der Waals surface area contributed by atoms with Crippen LogP contribution in [0, 0.1) is 0 Å². The van der Waals surface area contributed by atoms with E-state index in [2.05, 4.69) is 10.3 Å². The van der Waals surface area contributed by atoms with Gasteiger partial charge in [0.15, 0.2) is 0 Å². The van der Waals surface area contributed by atoms with E-state index in [1.165, 1.54) is 6.20 Å². The quantitative estimate of drug-likeness (QED) is 0.890. The topological polar surface area (TPSA) is 62.3 Å². The molecular weight excluding hydrogens is 266 g/mol. The van der Waals surface area contributed by atoms with Crippen molar-refractivity contribution in [3.8, 4) is 0 Å². The van der Waals surface area contributed by atoms with Crippen molar-refractivity contribution in [1.82, 2.24) is 15.2 Å². The van der Waals surface area contributed by atoms with Crippen molar-refractivity contribution in [2.45, 2.75) is 38.9 Å². The van der Waals surface area contributed by atoms with E-state index in [9.17, 15) is 9.59 Å². The number of halogens is 1. The van der Waals surface area contributed by atoms with Gasteiger partial charge >= 0.3 is 0 Å². The van der Waals surface area contributed by atoms with Gasteiger partial charge in [-0.05, 0) is 32.4 Å². The smallest absolute Gasteiger partial charge is 0.248 e. The van der Waals surface area contributed by atoms with E-state index in [-0.39, 0.29) is 11.8 Å². The SMILES string of the molecule is CC1C(=O)NC(C)(C)C(=O)N1Cc1ccncc1Cl. The second-order valence-corrected chi connectivity index (χ2v) is 5.60. The van der Waals surface area contributed by atoms with Crippen molar-refractivity contribution in [3.63, 3.8) is 0 Å². The standard InChI is InChI=1S/C13H16ClN3O2/c1-8-11(18)16-13(2,3)12(19)17(8)7-9-4-5-15-6-10(9)14/h4-6,8H,7H2,1-3H3,(H,16,18). The molecule has 2 amide bonds. The van der Waals surface area contributed by atoms with Crippen molar-refractivity contribution in [3.05, 3.63) is 29.0 Å². The highest BCUT2D eigenvalue weighted by Crippen LogP contribution is 2.23. The molecule has 1 atom stereocenters. The van der Waals surface area contributed by atoms with Gasteiger partial charge in [0.2, 0.25) is 11.8 Å². The molecule has 0 spiro atoms. The van der Waals surface area contributed by atoms with Gasteiger partial charge in [-0.15, -0.1) is 0 Å². The molecule has 0 radical (unpaired) electrons. The molecule has 0 aliphatic carbocycles. The van der Waals surface area contributed by atoms with Gasteiger partial charge < -0.3 is 10.2 Å². The van der Waals surface area contributed by atoms with E-state index in [4.69, 9.17) is 11.6 Å². The zero-order valence-corrected chi connectivity index (χ0v) is 11.9. The molecule has 1 unspecified atom stereocenters. The Kier molecular flexibility index (Phi) is 3.49. The highest BCUT2D eigenvalue weighted by Gasteiger charge is 2.43. The Labute approximate surface area is 117 Å². The van der Waals surface area contributed by atoms with Gasteiger partial charge in [-0.1, -0.05) is 11.6 Å². The number of rotatable bonds is 2. The van der Waals surface area contributed by atoms with E-state index in [1.807, 2.05) is 0 Å². The first-order chi connectivity index (χ1) is 8.83. The molecule has 1 aliphatic rings. The number of pyridine rings is 1. The largest absolute Gasteiger partial charge is 0.340 e. The van der Waals surface area contributed by atoms with Gasteiger partial charge in [0.1, 0.15) is 11.6 Å². The minimum absolute atomic E-state index is 0.118. The third-order valence-corrected chi connectivity index (χ3v) is 3.62. The zero-order valence-electron chi connectivity index (χ0n) is 11.1. The van der Waals surface area contributed by atoms with Crippen molar-refractivity contribution >= 4 is 23.4 Å². The number of aromatic nitrogens is 1. The second kappa shape index (κ2) is 4.81. The Bertz CT molecular complexity index is 530. The minimum Gasteiger partial charge on any atom is -0.340 e. The summed E-state index contributed by atoms with van der Waals surface area (Å²) in [6.45, 7) is 5.40. The normalized spacial score (nSPS) is 22.3. The number of nitrogens with one attached hydrogen (secondary N) is 1. The van der Waals surface area contributed by atoms with Gasteiger partial charge in [0, 0.05) is 18.9 Å². The second-order valence-electron chi connectivity index (χ2n) is 5.19. The van der Waals surface area contributed by atoms with Gasteiger partial charge in [0.05, 0.1) is 5.02 Å². The fourth-order valence-corrected chi connectivity index (χ4v) is 2.25. The molecule has 1 saturated heterocycles. The van der Waals surface area contributed by atoms with Crippen LogP contribution in [-0.2, 0) is 16.1 Å². The lowest BCUT2D eigenvalue weighted by Gasteiger charge is -2.41. The summed E-state index contributed by atoms with van der Waals surface area (Å²) in [4.78, 5) is 29.7. The molecule has 0 saturated carbocycles. The van der Waals surface area contributed by atoms with Crippen LogP contribution >= 0.6 is 11.6 Å². The number of hydrogen-bond donors (Lipinski definition) is 1. The predicted octanol–water partition coefficient (Wildman–Crippen LogP) is 1.36. The number of carbonyl (C=O) groups is 2. The summed E-state index contributed by atoms with van der Waals surface area (Å²) in [5, 5.41) is 3.20. The summed E-state index contributed by atoms with van der Waals surface area (Å²) in [6, 6.07) is 1.24. The third-order valence-electron chi connectivity index (χ3n) is 3.28.